The van der Waals surface area contributed by atoms with Gasteiger partial charge in [-0.1, -0.05) is 0 Å². The molecule has 0 fully saturated rings. The molecule has 0 amide bonds. The maximum Gasteiger partial charge on any atom is 0.249 e. The minimum absolute atomic E-state index is 0.233. The van der Waals surface area contributed by atoms with Gasteiger partial charge >= 0.3 is 0 Å². The Bertz CT molecular complexity index is 565. The highest BCUT2D eigenvalue weighted by Crippen LogP contribution is 2.08. The van der Waals surface area contributed by atoms with Crippen molar-refractivity contribution in [1.82, 2.24) is 15.0 Å². The smallest absolute Gasteiger partial charge is 0.249 e. The molecule has 7 heteroatoms. The summed E-state index contributed by atoms with van der Waals surface area (Å²) in [6.07, 6.45) is 1.55. The monoisotopic (exact) mass is 236 g/mol. The fourth-order valence-electron chi connectivity index (χ4n) is 1.34. The number of rotatable bonds is 4. The fourth-order valence-corrected chi connectivity index (χ4v) is 1.34. The first-order valence-electron chi connectivity index (χ1n) is 5.07. The summed E-state index contributed by atoms with van der Waals surface area (Å²) in [5.41, 5.74) is 0.160. The standard InChI is InChI=1S/C10H12N4O3/c15-4-7(5-16)12-10-11-3-6-1-2-8(17)13-9(6)14-10/h1-3,7,15-16H,4-5H2,(H2,11,12,13,14,17). The predicted octanol–water partition coefficient (Wildman–Crippen LogP) is -0.917. The van der Waals surface area contributed by atoms with Gasteiger partial charge in [-0.15, -0.1) is 0 Å². The van der Waals surface area contributed by atoms with Crippen LogP contribution in [-0.2, 0) is 0 Å². The van der Waals surface area contributed by atoms with Gasteiger partial charge < -0.3 is 20.5 Å². The van der Waals surface area contributed by atoms with Crippen LogP contribution in [0.2, 0.25) is 0 Å². The molecular formula is C10H12N4O3. The molecule has 7 nitrogen and oxygen atoms in total. The lowest BCUT2D eigenvalue weighted by atomic mass is 10.3. The third-order valence-corrected chi connectivity index (χ3v) is 2.25. The second-order valence-electron chi connectivity index (χ2n) is 3.53. The summed E-state index contributed by atoms with van der Waals surface area (Å²) in [6, 6.07) is 2.49. The van der Waals surface area contributed by atoms with Crippen LogP contribution in [0, 0.1) is 0 Å². The number of fused-ring (bicyclic) bond motifs is 1. The summed E-state index contributed by atoms with van der Waals surface area (Å²) < 4.78 is 0. The highest BCUT2D eigenvalue weighted by Gasteiger charge is 2.07. The van der Waals surface area contributed by atoms with Crippen LogP contribution in [0.1, 0.15) is 0 Å². The van der Waals surface area contributed by atoms with Crippen LogP contribution in [0.25, 0.3) is 11.0 Å². The topological polar surface area (TPSA) is 111 Å². The van der Waals surface area contributed by atoms with E-state index in [0.29, 0.717) is 11.0 Å². The van der Waals surface area contributed by atoms with Crippen molar-refractivity contribution in [3.63, 3.8) is 0 Å². The zero-order valence-corrected chi connectivity index (χ0v) is 8.92. The van der Waals surface area contributed by atoms with Gasteiger partial charge in [0.25, 0.3) is 0 Å². The van der Waals surface area contributed by atoms with Crippen molar-refractivity contribution in [3.8, 4) is 0 Å². The van der Waals surface area contributed by atoms with E-state index in [1.165, 1.54) is 6.07 Å². The summed E-state index contributed by atoms with van der Waals surface area (Å²) in [7, 11) is 0. The molecule has 2 aromatic rings. The van der Waals surface area contributed by atoms with Gasteiger partial charge in [0, 0.05) is 17.6 Å². The van der Waals surface area contributed by atoms with Gasteiger partial charge in [-0.05, 0) is 6.07 Å². The number of nitrogens with zero attached hydrogens (tertiary/aromatic N) is 2. The molecule has 2 rings (SSSR count). The molecule has 0 radical (unpaired) electrons. The van der Waals surface area contributed by atoms with Gasteiger partial charge in [-0.3, -0.25) is 4.79 Å². The minimum atomic E-state index is -0.525. The van der Waals surface area contributed by atoms with E-state index in [4.69, 9.17) is 10.2 Å². The Labute approximate surface area is 96.2 Å². The lowest BCUT2D eigenvalue weighted by molar-refractivity contribution is 0.203. The van der Waals surface area contributed by atoms with Crippen LogP contribution in [0.3, 0.4) is 0 Å². The lowest BCUT2D eigenvalue weighted by Crippen LogP contribution is -2.28. The highest BCUT2D eigenvalue weighted by atomic mass is 16.3. The normalized spacial score (nSPS) is 11.0. The largest absolute Gasteiger partial charge is 0.394 e. The number of hydrogen-bond acceptors (Lipinski definition) is 6. The quantitative estimate of drug-likeness (QED) is 0.546. The Balaban J connectivity index is 2.33. The van der Waals surface area contributed by atoms with Crippen LogP contribution in [-0.4, -0.2) is 44.4 Å². The van der Waals surface area contributed by atoms with E-state index in [2.05, 4.69) is 20.3 Å². The van der Waals surface area contributed by atoms with E-state index in [9.17, 15) is 4.79 Å². The van der Waals surface area contributed by atoms with Crippen molar-refractivity contribution in [3.05, 3.63) is 28.7 Å². The Hall–Kier alpha value is -1.99. The summed E-state index contributed by atoms with van der Waals surface area (Å²) >= 11 is 0. The van der Waals surface area contributed by atoms with Crippen molar-refractivity contribution >= 4 is 17.0 Å². The van der Waals surface area contributed by atoms with Crippen molar-refractivity contribution in [2.45, 2.75) is 6.04 Å². The van der Waals surface area contributed by atoms with Gasteiger partial charge in [0.05, 0.1) is 19.3 Å². The molecule has 0 unspecified atom stereocenters. The highest BCUT2D eigenvalue weighted by molar-refractivity contribution is 5.74. The number of anilines is 1. The van der Waals surface area contributed by atoms with E-state index in [-0.39, 0.29) is 24.7 Å². The molecule has 2 aromatic heterocycles. The molecule has 0 aromatic carbocycles. The number of nitrogens with one attached hydrogen (secondary N) is 2. The first kappa shape index (κ1) is 11.5. The van der Waals surface area contributed by atoms with E-state index in [1.807, 2.05) is 0 Å². The van der Waals surface area contributed by atoms with Crippen LogP contribution in [0.5, 0.6) is 0 Å². The van der Waals surface area contributed by atoms with E-state index < -0.39 is 6.04 Å². The molecule has 0 atom stereocenters. The first-order valence-corrected chi connectivity index (χ1v) is 5.07. The lowest BCUT2D eigenvalue weighted by Gasteiger charge is -2.12. The summed E-state index contributed by atoms with van der Waals surface area (Å²) in [5.74, 6) is 0.243. The van der Waals surface area contributed by atoms with E-state index in [1.54, 1.807) is 12.3 Å². The molecule has 17 heavy (non-hydrogen) atoms. The zero-order valence-electron chi connectivity index (χ0n) is 8.92. The minimum Gasteiger partial charge on any atom is -0.394 e. The molecule has 90 valence electrons. The number of aliphatic hydroxyl groups excluding tert-OH is 2. The van der Waals surface area contributed by atoms with Gasteiger partial charge in [0.1, 0.15) is 5.65 Å². The third-order valence-electron chi connectivity index (χ3n) is 2.25. The summed E-state index contributed by atoms with van der Waals surface area (Å²) in [4.78, 5) is 21.8. The van der Waals surface area contributed by atoms with Crippen LogP contribution in [0.4, 0.5) is 5.95 Å². The molecular weight excluding hydrogens is 224 g/mol. The van der Waals surface area contributed by atoms with E-state index >= 15 is 0 Å². The molecule has 0 spiro atoms. The van der Waals surface area contributed by atoms with Crippen molar-refractivity contribution in [1.29, 1.82) is 0 Å². The van der Waals surface area contributed by atoms with Crippen molar-refractivity contribution < 1.29 is 10.2 Å². The van der Waals surface area contributed by atoms with Crippen molar-refractivity contribution in [2.24, 2.45) is 0 Å². The van der Waals surface area contributed by atoms with Crippen molar-refractivity contribution in [2.75, 3.05) is 18.5 Å². The second kappa shape index (κ2) is 4.89. The number of pyridine rings is 1. The second-order valence-corrected chi connectivity index (χ2v) is 3.53. The van der Waals surface area contributed by atoms with Crippen LogP contribution in [0.15, 0.2) is 23.1 Å². The maximum absolute atomic E-state index is 11.1. The Morgan fingerprint density at radius 2 is 2.12 bits per heavy atom. The SMILES string of the molecule is O=c1ccc2cnc(NC(CO)CO)nc2[nH]1. The molecule has 2 heterocycles. The molecule has 4 N–H and O–H groups in total. The number of aromatic nitrogens is 3. The van der Waals surface area contributed by atoms with Crippen LogP contribution >= 0.6 is 0 Å². The zero-order chi connectivity index (χ0) is 12.3. The predicted molar refractivity (Wildman–Crippen MR) is 61.7 cm³/mol. The third kappa shape index (κ3) is 2.58. The van der Waals surface area contributed by atoms with Crippen LogP contribution < -0.4 is 10.9 Å². The maximum atomic E-state index is 11.1. The number of hydrogen-bond donors (Lipinski definition) is 4. The first-order chi connectivity index (χ1) is 8.22. The number of H-pyrrole nitrogens is 1. The van der Waals surface area contributed by atoms with Gasteiger partial charge in [0.15, 0.2) is 0 Å². The molecule has 0 aliphatic heterocycles. The molecule has 0 bridgehead atoms. The average molecular weight is 236 g/mol. The molecule has 0 saturated carbocycles. The Kier molecular flexibility index (Phi) is 3.31. The molecule has 0 saturated heterocycles. The number of aliphatic hydroxyl groups is 2. The van der Waals surface area contributed by atoms with Gasteiger partial charge in [0.2, 0.25) is 11.5 Å². The fraction of sp³-hybridized carbons (Fsp3) is 0.300. The van der Waals surface area contributed by atoms with E-state index in [0.717, 1.165) is 0 Å². The molecule has 0 aliphatic carbocycles. The Morgan fingerprint density at radius 3 is 2.82 bits per heavy atom. The van der Waals surface area contributed by atoms with Gasteiger partial charge in [-0.2, -0.15) is 4.98 Å². The summed E-state index contributed by atoms with van der Waals surface area (Å²) in [6.45, 7) is -0.466. The Morgan fingerprint density at radius 1 is 1.35 bits per heavy atom. The molecule has 0 aliphatic rings. The average Bonchev–Trinajstić information content (AvgIpc) is 2.35. The van der Waals surface area contributed by atoms with Gasteiger partial charge in [-0.25, -0.2) is 4.98 Å². The summed E-state index contributed by atoms with van der Waals surface area (Å²) in [5, 5.41) is 21.3. The number of aromatic amines is 1.